The largest absolute Gasteiger partial charge is 0.485 e. The molecule has 3 aliphatic heterocycles. The van der Waals surface area contributed by atoms with Crippen LogP contribution in [0.2, 0.25) is 0 Å². The van der Waals surface area contributed by atoms with Crippen LogP contribution in [0.25, 0.3) is 0 Å². The van der Waals surface area contributed by atoms with Crippen LogP contribution in [0.15, 0.2) is 103 Å². The topological polar surface area (TPSA) is 100 Å². The number of ether oxygens (including phenoxy) is 9. The minimum atomic E-state index is -0.960. The molecule has 0 aliphatic carbocycles. The van der Waals surface area contributed by atoms with Crippen LogP contribution in [0.4, 0.5) is 0 Å². The molecule has 0 amide bonds. The number of esters is 1. The van der Waals surface area contributed by atoms with Gasteiger partial charge in [-0.05, 0) is 56.5 Å². The lowest BCUT2D eigenvalue weighted by atomic mass is 9.97. The van der Waals surface area contributed by atoms with Gasteiger partial charge >= 0.3 is 5.97 Å². The van der Waals surface area contributed by atoms with Crippen molar-refractivity contribution in [3.8, 4) is 17.2 Å². The van der Waals surface area contributed by atoms with Crippen molar-refractivity contribution in [2.24, 2.45) is 0 Å². The summed E-state index contributed by atoms with van der Waals surface area (Å²) in [6, 6.07) is 32.6. The molecule has 3 fully saturated rings. The zero-order valence-electron chi connectivity index (χ0n) is 28.6. The molecule has 50 heavy (non-hydrogen) atoms. The lowest BCUT2D eigenvalue weighted by Gasteiger charge is -2.48. The van der Waals surface area contributed by atoms with E-state index < -0.39 is 48.2 Å². The highest BCUT2D eigenvalue weighted by molar-refractivity contribution is 5.91. The van der Waals surface area contributed by atoms with Crippen LogP contribution in [0.3, 0.4) is 0 Å². The second-order valence-electron chi connectivity index (χ2n) is 13.4. The highest BCUT2D eigenvalue weighted by atomic mass is 16.8. The minimum absolute atomic E-state index is 0.201. The van der Waals surface area contributed by atoms with E-state index in [2.05, 4.69) is 0 Å². The molecule has 3 saturated heterocycles. The standard InChI is InChI=1S/C40H42O10/c1-39(2)45-25-32-34(48-39)35(36-38(46-32)50-40(3,4)49-36)47-37(41)29-20-30(42-22-26-14-8-5-9-15-26)33(44-24-28-18-12-7-13-19-28)31(21-29)43-23-27-16-10-6-11-17-27/h5-21,32,34-36,38H,22-25H2,1-4H3/t32-,34-,35+,36-,38-/m1/s1. The van der Waals surface area contributed by atoms with Gasteiger partial charge in [0.1, 0.15) is 32.0 Å². The monoisotopic (exact) mass is 682 g/mol. The van der Waals surface area contributed by atoms with Crippen LogP contribution in [-0.4, -0.2) is 54.9 Å². The van der Waals surface area contributed by atoms with Crippen molar-refractivity contribution in [2.75, 3.05) is 6.61 Å². The third kappa shape index (κ3) is 7.96. The maximum Gasteiger partial charge on any atom is 0.338 e. The number of benzene rings is 4. The van der Waals surface area contributed by atoms with Gasteiger partial charge in [0.2, 0.25) is 5.75 Å². The molecular weight excluding hydrogens is 640 g/mol. The Labute approximate surface area is 292 Å². The van der Waals surface area contributed by atoms with Crippen molar-refractivity contribution < 1.29 is 47.4 Å². The zero-order chi connectivity index (χ0) is 34.7. The lowest BCUT2D eigenvalue weighted by molar-refractivity contribution is -0.364. The predicted molar refractivity (Wildman–Crippen MR) is 182 cm³/mol. The number of fused-ring (bicyclic) bond motifs is 2. The predicted octanol–water partition coefficient (Wildman–Crippen LogP) is 6.98. The minimum Gasteiger partial charge on any atom is -0.485 e. The van der Waals surface area contributed by atoms with E-state index in [1.165, 1.54) is 0 Å². The summed E-state index contributed by atoms with van der Waals surface area (Å²) in [5, 5.41) is 0. The van der Waals surface area contributed by atoms with Crippen LogP contribution in [0, 0.1) is 0 Å². The fourth-order valence-corrected chi connectivity index (χ4v) is 6.23. The van der Waals surface area contributed by atoms with E-state index in [1.807, 2.05) is 105 Å². The van der Waals surface area contributed by atoms with Gasteiger partial charge < -0.3 is 42.6 Å². The first-order valence-electron chi connectivity index (χ1n) is 16.8. The Kier molecular flexibility index (Phi) is 9.81. The van der Waals surface area contributed by atoms with Crippen LogP contribution >= 0.6 is 0 Å². The average Bonchev–Trinajstić information content (AvgIpc) is 3.43. The first kappa shape index (κ1) is 34.0. The molecule has 0 N–H and O–H groups in total. The van der Waals surface area contributed by atoms with Crippen LogP contribution in [0.5, 0.6) is 17.2 Å². The van der Waals surface area contributed by atoms with Crippen molar-refractivity contribution in [1.29, 1.82) is 0 Å². The van der Waals surface area contributed by atoms with E-state index in [1.54, 1.807) is 26.0 Å². The highest BCUT2D eigenvalue weighted by Crippen LogP contribution is 2.44. The number of carbonyl (C=O) groups excluding carboxylic acids is 1. The summed E-state index contributed by atoms with van der Waals surface area (Å²) in [7, 11) is 0. The molecule has 4 aromatic carbocycles. The zero-order valence-corrected chi connectivity index (χ0v) is 28.6. The summed E-state index contributed by atoms with van der Waals surface area (Å²) in [6.07, 6.45) is -3.59. The number of rotatable bonds is 11. The molecule has 262 valence electrons. The summed E-state index contributed by atoms with van der Waals surface area (Å²) in [5.41, 5.74) is 3.05. The van der Waals surface area contributed by atoms with Gasteiger partial charge in [-0.15, -0.1) is 0 Å². The Balaban J connectivity index is 1.23. The van der Waals surface area contributed by atoms with Crippen molar-refractivity contribution >= 4 is 5.97 Å². The summed E-state index contributed by atoms with van der Waals surface area (Å²) < 4.78 is 56.0. The molecule has 10 nitrogen and oxygen atoms in total. The Morgan fingerprint density at radius 3 is 1.70 bits per heavy atom. The molecule has 0 spiro atoms. The Bertz CT molecular complexity index is 1680. The molecule has 7 rings (SSSR count). The molecule has 3 heterocycles. The second kappa shape index (κ2) is 14.4. The molecule has 0 aromatic heterocycles. The molecule has 5 atom stereocenters. The molecule has 0 saturated carbocycles. The van der Waals surface area contributed by atoms with Crippen LogP contribution in [-0.2, 0) is 48.2 Å². The SMILES string of the molecule is CC1(C)O[C@H]2O[C@@H]3COC(C)(C)O[C@H]3[C@H](OC(=O)c3cc(OCc4ccccc4)c(OCc4ccccc4)c(OCc4ccccc4)c3)[C@H]2O1. The van der Waals surface area contributed by atoms with Gasteiger partial charge in [0.05, 0.1) is 12.2 Å². The van der Waals surface area contributed by atoms with Crippen molar-refractivity contribution in [3.05, 3.63) is 125 Å². The van der Waals surface area contributed by atoms with Gasteiger partial charge in [0.25, 0.3) is 0 Å². The van der Waals surface area contributed by atoms with Gasteiger partial charge in [-0.2, -0.15) is 0 Å². The van der Waals surface area contributed by atoms with Gasteiger partial charge in [-0.1, -0.05) is 91.0 Å². The van der Waals surface area contributed by atoms with Gasteiger partial charge in [-0.3, -0.25) is 0 Å². The maximum atomic E-state index is 14.2. The summed E-state index contributed by atoms with van der Waals surface area (Å²) >= 11 is 0. The molecule has 0 unspecified atom stereocenters. The van der Waals surface area contributed by atoms with Crippen LogP contribution < -0.4 is 14.2 Å². The van der Waals surface area contributed by atoms with E-state index in [0.717, 1.165) is 16.7 Å². The Hall–Kier alpha value is -4.45. The lowest BCUT2D eigenvalue weighted by Crippen LogP contribution is -2.64. The first-order valence-corrected chi connectivity index (χ1v) is 16.8. The third-order valence-corrected chi connectivity index (χ3v) is 8.63. The highest BCUT2D eigenvalue weighted by Gasteiger charge is 2.59. The quantitative estimate of drug-likeness (QED) is 0.154. The summed E-state index contributed by atoms with van der Waals surface area (Å²) in [6.45, 7) is 8.16. The van der Waals surface area contributed by atoms with Crippen molar-refractivity contribution in [3.63, 3.8) is 0 Å². The third-order valence-electron chi connectivity index (χ3n) is 8.63. The van der Waals surface area contributed by atoms with E-state index in [-0.39, 0.29) is 32.0 Å². The fraction of sp³-hybridized carbons (Fsp3) is 0.375. The Morgan fingerprint density at radius 1 is 0.660 bits per heavy atom. The second-order valence-corrected chi connectivity index (χ2v) is 13.4. The molecular formula is C40H42O10. The maximum absolute atomic E-state index is 14.2. The fourth-order valence-electron chi connectivity index (χ4n) is 6.23. The summed E-state index contributed by atoms with van der Waals surface area (Å²) in [4.78, 5) is 14.2. The van der Waals surface area contributed by atoms with E-state index in [4.69, 9.17) is 42.6 Å². The van der Waals surface area contributed by atoms with Gasteiger partial charge in [-0.25, -0.2) is 4.79 Å². The van der Waals surface area contributed by atoms with E-state index >= 15 is 0 Å². The molecule has 10 heteroatoms. The Morgan fingerprint density at radius 2 is 1.16 bits per heavy atom. The van der Waals surface area contributed by atoms with Crippen molar-refractivity contribution in [2.45, 2.75) is 89.8 Å². The summed E-state index contributed by atoms with van der Waals surface area (Å²) in [5.74, 6) is -1.49. The molecule has 4 aromatic rings. The van der Waals surface area contributed by atoms with Crippen LogP contribution in [0.1, 0.15) is 54.7 Å². The molecule has 0 radical (unpaired) electrons. The van der Waals surface area contributed by atoms with Gasteiger partial charge in [0, 0.05) is 0 Å². The number of hydrogen-bond acceptors (Lipinski definition) is 10. The smallest absolute Gasteiger partial charge is 0.338 e. The number of hydrogen-bond donors (Lipinski definition) is 0. The van der Waals surface area contributed by atoms with E-state index in [0.29, 0.717) is 17.2 Å². The number of carbonyl (C=O) groups is 1. The molecule has 0 bridgehead atoms. The van der Waals surface area contributed by atoms with Crippen molar-refractivity contribution in [1.82, 2.24) is 0 Å². The van der Waals surface area contributed by atoms with E-state index in [9.17, 15) is 4.79 Å². The normalized spacial score (nSPS) is 24.8. The van der Waals surface area contributed by atoms with Gasteiger partial charge in [0.15, 0.2) is 41.6 Å². The average molecular weight is 683 g/mol. The first-order chi connectivity index (χ1) is 24.1. The molecule has 3 aliphatic rings.